The third kappa shape index (κ3) is 4.34. The van der Waals surface area contributed by atoms with Crippen LogP contribution >= 0.6 is 34.8 Å². The number of hydrogen-bond acceptors (Lipinski definition) is 4. The van der Waals surface area contributed by atoms with Gasteiger partial charge in [-0.25, -0.2) is 9.78 Å². The lowest BCUT2D eigenvalue weighted by Gasteiger charge is -2.09. The lowest BCUT2D eigenvalue weighted by molar-refractivity contribution is -0.119. The molecule has 1 heterocycles. The number of nitrogens with one attached hydrogen (secondary N) is 1. The highest BCUT2D eigenvalue weighted by Crippen LogP contribution is 2.29. The van der Waals surface area contributed by atoms with Crippen molar-refractivity contribution in [3.05, 3.63) is 57.3 Å². The smallest absolute Gasteiger partial charge is 0.340 e. The zero-order chi connectivity index (χ0) is 16.1. The number of amides is 1. The van der Waals surface area contributed by atoms with E-state index in [1.807, 2.05) is 0 Å². The fourth-order valence-electron chi connectivity index (χ4n) is 1.50. The van der Waals surface area contributed by atoms with Gasteiger partial charge in [-0.3, -0.25) is 4.79 Å². The van der Waals surface area contributed by atoms with Gasteiger partial charge < -0.3 is 10.1 Å². The second-order valence-corrected chi connectivity index (χ2v) is 5.29. The first kappa shape index (κ1) is 16.5. The number of rotatable bonds is 4. The van der Waals surface area contributed by atoms with Gasteiger partial charge in [-0.15, -0.1) is 0 Å². The number of nitrogens with zero attached hydrogens (tertiary/aromatic N) is 1. The van der Waals surface area contributed by atoms with Gasteiger partial charge in [0.1, 0.15) is 5.15 Å². The molecule has 2 rings (SSSR count). The third-order valence-corrected chi connectivity index (χ3v) is 3.38. The van der Waals surface area contributed by atoms with Gasteiger partial charge in [0.15, 0.2) is 6.61 Å². The number of carbonyl (C=O) groups excluding carboxylic acids is 2. The number of pyridine rings is 1. The molecular weight excluding hydrogens is 351 g/mol. The summed E-state index contributed by atoms with van der Waals surface area (Å²) in [6.07, 6.45) is 1.26. The van der Waals surface area contributed by atoms with E-state index in [4.69, 9.17) is 39.5 Å². The maximum atomic E-state index is 11.8. The summed E-state index contributed by atoms with van der Waals surface area (Å²) >= 11 is 17.5. The molecule has 1 aromatic carbocycles. The van der Waals surface area contributed by atoms with Crippen LogP contribution in [0.15, 0.2) is 36.5 Å². The fraction of sp³-hybridized carbons (Fsp3) is 0.0714. The van der Waals surface area contributed by atoms with Crippen molar-refractivity contribution < 1.29 is 14.3 Å². The number of para-hydroxylation sites is 1. The number of esters is 1. The molecule has 0 unspecified atom stereocenters. The van der Waals surface area contributed by atoms with Gasteiger partial charge in [-0.1, -0.05) is 40.9 Å². The molecule has 0 radical (unpaired) electrons. The summed E-state index contributed by atoms with van der Waals surface area (Å²) < 4.78 is 4.86. The Morgan fingerprint density at radius 1 is 1.09 bits per heavy atom. The van der Waals surface area contributed by atoms with Gasteiger partial charge in [0.25, 0.3) is 5.91 Å². The van der Waals surface area contributed by atoms with Crippen LogP contribution < -0.4 is 5.32 Å². The topological polar surface area (TPSA) is 68.3 Å². The molecule has 0 aliphatic carbocycles. The zero-order valence-electron chi connectivity index (χ0n) is 11.0. The van der Waals surface area contributed by atoms with Crippen LogP contribution in [0.25, 0.3) is 0 Å². The van der Waals surface area contributed by atoms with Gasteiger partial charge in [0, 0.05) is 6.20 Å². The van der Waals surface area contributed by atoms with Gasteiger partial charge in [-0.05, 0) is 24.3 Å². The van der Waals surface area contributed by atoms with Crippen LogP contribution in [0.5, 0.6) is 0 Å². The van der Waals surface area contributed by atoms with Gasteiger partial charge >= 0.3 is 5.97 Å². The molecule has 22 heavy (non-hydrogen) atoms. The van der Waals surface area contributed by atoms with Gasteiger partial charge in [0.05, 0.1) is 21.3 Å². The van der Waals surface area contributed by atoms with E-state index in [0.717, 1.165) is 0 Å². The van der Waals surface area contributed by atoms with Crippen molar-refractivity contribution in [1.82, 2.24) is 4.98 Å². The van der Waals surface area contributed by atoms with E-state index in [2.05, 4.69) is 10.3 Å². The summed E-state index contributed by atoms with van der Waals surface area (Å²) in [6, 6.07) is 7.69. The van der Waals surface area contributed by atoms with E-state index in [-0.39, 0.29) is 26.4 Å². The van der Waals surface area contributed by atoms with Crippen molar-refractivity contribution in [3.8, 4) is 0 Å². The first-order valence-electron chi connectivity index (χ1n) is 6.00. The second kappa shape index (κ2) is 7.45. The van der Waals surface area contributed by atoms with Crippen LogP contribution in [0.4, 0.5) is 5.69 Å². The van der Waals surface area contributed by atoms with E-state index < -0.39 is 18.5 Å². The minimum Gasteiger partial charge on any atom is -0.452 e. The third-order valence-electron chi connectivity index (χ3n) is 2.52. The second-order valence-electron chi connectivity index (χ2n) is 4.09. The highest BCUT2D eigenvalue weighted by Gasteiger charge is 2.13. The molecule has 0 fully saturated rings. The number of hydrogen-bond donors (Lipinski definition) is 1. The van der Waals surface area contributed by atoms with Crippen LogP contribution in [0.3, 0.4) is 0 Å². The van der Waals surface area contributed by atoms with Crippen molar-refractivity contribution in [2.24, 2.45) is 0 Å². The molecular formula is C14H9Cl3N2O3. The maximum absolute atomic E-state index is 11.8. The Morgan fingerprint density at radius 3 is 2.36 bits per heavy atom. The molecule has 0 bridgehead atoms. The summed E-state index contributed by atoms with van der Waals surface area (Å²) in [5, 5.41) is 3.30. The molecule has 1 aromatic heterocycles. The zero-order valence-corrected chi connectivity index (χ0v) is 13.2. The Morgan fingerprint density at radius 2 is 1.77 bits per heavy atom. The van der Waals surface area contributed by atoms with Gasteiger partial charge in [-0.2, -0.15) is 0 Å². The number of anilines is 1. The molecule has 0 spiro atoms. The molecule has 1 N–H and O–H groups in total. The van der Waals surface area contributed by atoms with E-state index in [1.165, 1.54) is 18.3 Å². The van der Waals surface area contributed by atoms with Crippen LogP contribution in [0.2, 0.25) is 15.2 Å². The van der Waals surface area contributed by atoms with E-state index >= 15 is 0 Å². The molecule has 0 aliphatic heterocycles. The molecule has 114 valence electrons. The van der Waals surface area contributed by atoms with Crippen LogP contribution in [0.1, 0.15) is 10.4 Å². The highest BCUT2D eigenvalue weighted by molar-refractivity contribution is 6.39. The Kier molecular flexibility index (Phi) is 5.60. The average Bonchev–Trinajstić information content (AvgIpc) is 2.49. The van der Waals surface area contributed by atoms with E-state index in [1.54, 1.807) is 18.2 Å². The Bertz CT molecular complexity index is 685. The molecule has 8 heteroatoms. The first-order valence-corrected chi connectivity index (χ1v) is 7.13. The standard InChI is InChI=1S/C14H9Cl3N2O3/c15-9-2-1-3-10(16)13(9)19-12(20)7-22-14(21)8-4-5-11(17)18-6-8/h1-6H,7H2,(H,19,20). The van der Waals surface area contributed by atoms with Crippen molar-refractivity contribution in [2.75, 3.05) is 11.9 Å². The quantitative estimate of drug-likeness (QED) is 0.665. The van der Waals surface area contributed by atoms with E-state index in [9.17, 15) is 9.59 Å². The van der Waals surface area contributed by atoms with E-state index in [0.29, 0.717) is 0 Å². The SMILES string of the molecule is O=C(COC(=O)c1ccc(Cl)nc1)Nc1c(Cl)cccc1Cl. The highest BCUT2D eigenvalue weighted by atomic mass is 35.5. The molecule has 1 amide bonds. The molecule has 0 atom stereocenters. The number of benzene rings is 1. The number of halogens is 3. The lowest BCUT2D eigenvalue weighted by Crippen LogP contribution is -2.21. The predicted molar refractivity (Wildman–Crippen MR) is 84.6 cm³/mol. The average molecular weight is 360 g/mol. The summed E-state index contributed by atoms with van der Waals surface area (Å²) in [4.78, 5) is 27.2. The number of carbonyl (C=O) groups is 2. The summed E-state index contributed by atoms with van der Waals surface area (Å²) in [7, 11) is 0. The summed E-state index contributed by atoms with van der Waals surface area (Å²) in [6.45, 7) is -0.483. The first-order chi connectivity index (χ1) is 10.5. The van der Waals surface area contributed by atoms with Crippen LogP contribution in [0, 0.1) is 0 Å². The van der Waals surface area contributed by atoms with Crippen LogP contribution in [-0.4, -0.2) is 23.5 Å². The normalized spacial score (nSPS) is 10.1. The molecule has 5 nitrogen and oxygen atoms in total. The fourth-order valence-corrected chi connectivity index (χ4v) is 2.11. The number of ether oxygens (including phenoxy) is 1. The molecule has 2 aromatic rings. The maximum Gasteiger partial charge on any atom is 0.340 e. The number of aromatic nitrogens is 1. The van der Waals surface area contributed by atoms with Crippen LogP contribution in [-0.2, 0) is 9.53 Å². The van der Waals surface area contributed by atoms with Crippen molar-refractivity contribution >= 4 is 52.4 Å². The molecule has 0 saturated heterocycles. The monoisotopic (exact) mass is 358 g/mol. The summed E-state index contributed by atoms with van der Waals surface area (Å²) in [5.41, 5.74) is 0.452. The van der Waals surface area contributed by atoms with Crippen molar-refractivity contribution in [2.45, 2.75) is 0 Å². The van der Waals surface area contributed by atoms with Crippen molar-refractivity contribution in [3.63, 3.8) is 0 Å². The predicted octanol–water partition coefficient (Wildman–Crippen LogP) is 3.84. The van der Waals surface area contributed by atoms with Gasteiger partial charge in [0.2, 0.25) is 0 Å². The largest absolute Gasteiger partial charge is 0.452 e. The minimum absolute atomic E-state index is 0.188. The Labute approximate surface area is 141 Å². The molecule has 0 saturated carbocycles. The summed E-state index contributed by atoms with van der Waals surface area (Å²) in [5.74, 6) is -1.25. The Balaban J connectivity index is 1.93. The Hall–Kier alpha value is -1.82. The lowest BCUT2D eigenvalue weighted by atomic mass is 10.3. The minimum atomic E-state index is -0.690. The molecule has 0 aliphatic rings. The van der Waals surface area contributed by atoms with Crippen molar-refractivity contribution in [1.29, 1.82) is 0 Å².